The van der Waals surface area contributed by atoms with Crippen molar-refractivity contribution in [2.45, 2.75) is 38.6 Å². The first-order valence-electron chi connectivity index (χ1n) is 11.4. The van der Waals surface area contributed by atoms with Crippen molar-refractivity contribution < 1.29 is 14.3 Å². The van der Waals surface area contributed by atoms with Gasteiger partial charge in [0.2, 0.25) is 5.91 Å². The average Bonchev–Trinajstić information content (AvgIpc) is 3.21. The van der Waals surface area contributed by atoms with E-state index >= 15 is 0 Å². The standard InChI is InChI=1S/C28H32N2O3/c1-20-8-6-7-11-25(20)27-14-22(12-13-26(27)28(29)31)16-30-17-24(32-2)15-23(30)19-33-18-21-9-4-3-5-10-21/h3-14,23-24H,15-19H2,1-2H3,(H2,29,31). The number of benzene rings is 3. The van der Waals surface area contributed by atoms with E-state index in [1.165, 1.54) is 5.56 Å². The van der Waals surface area contributed by atoms with Gasteiger partial charge >= 0.3 is 0 Å². The maximum atomic E-state index is 12.1. The summed E-state index contributed by atoms with van der Waals surface area (Å²) in [6.45, 7) is 4.92. The normalized spacial score (nSPS) is 18.5. The summed E-state index contributed by atoms with van der Waals surface area (Å²) >= 11 is 0. The highest BCUT2D eigenvalue weighted by Gasteiger charge is 2.32. The number of carbonyl (C=O) groups excluding carboxylic acids is 1. The molecule has 3 aromatic carbocycles. The lowest BCUT2D eigenvalue weighted by molar-refractivity contribution is 0.0643. The van der Waals surface area contributed by atoms with Crippen LogP contribution >= 0.6 is 0 Å². The molecule has 4 rings (SSSR count). The Labute approximate surface area is 196 Å². The number of primary amides is 1. The van der Waals surface area contributed by atoms with Crippen LogP contribution in [0, 0.1) is 6.92 Å². The van der Waals surface area contributed by atoms with Crippen molar-refractivity contribution in [3.05, 3.63) is 95.1 Å². The Kier molecular flexibility index (Phi) is 7.55. The molecular formula is C28H32N2O3. The zero-order valence-corrected chi connectivity index (χ0v) is 19.4. The van der Waals surface area contributed by atoms with Crippen molar-refractivity contribution in [2.24, 2.45) is 5.73 Å². The molecule has 0 aromatic heterocycles. The van der Waals surface area contributed by atoms with Crippen LogP contribution in [0.2, 0.25) is 0 Å². The van der Waals surface area contributed by atoms with Crippen LogP contribution in [0.5, 0.6) is 0 Å². The number of nitrogens with two attached hydrogens (primary N) is 1. The molecular weight excluding hydrogens is 412 g/mol. The molecule has 5 heteroatoms. The molecule has 1 fully saturated rings. The summed E-state index contributed by atoms with van der Waals surface area (Å²) in [5, 5.41) is 0. The maximum absolute atomic E-state index is 12.1. The first-order valence-corrected chi connectivity index (χ1v) is 11.4. The summed E-state index contributed by atoms with van der Waals surface area (Å²) in [6.07, 6.45) is 1.13. The number of carbonyl (C=O) groups is 1. The number of hydrogen-bond acceptors (Lipinski definition) is 4. The fraction of sp³-hybridized carbons (Fsp3) is 0.321. The van der Waals surface area contributed by atoms with Crippen LogP contribution < -0.4 is 5.73 Å². The lowest BCUT2D eigenvalue weighted by Crippen LogP contribution is -2.33. The number of rotatable bonds is 9. The smallest absolute Gasteiger partial charge is 0.249 e. The fourth-order valence-corrected chi connectivity index (χ4v) is 4.60. The molecule has 0 aliphatic carbocycles. The van der Waals surface area contributed by atoms with Gasteiger partial charge in [-0.1, -0.05) is 60.7 Å². The number of nitrogens with zero attached hydrogens (tertiary/aromatic N) is 1. The van der Waals surface area contributed by atoms with Crippen molar-refractivity contribution in [1.29, 1.82) is 0 Å². The van der Waals surface area contributed by atoms with Crippen LogP contribution in [0.4, 0.5) is 0 Å². The molecule has 2 N–H and O–H groups in total. The van der Waals surface area contributed by atoms with Gasteiger partial charge in [-0.05, 0) is 53.3 Å². The average molecular weight is 445 g/mol. The summed E-state index contributed by atoms with van der Waals surface area (Å²) in [5.41, 5.74) is 11.6. The predicted octanol–water partition coefficient (Wildman–Crippen LogP) is 4.57. The van der Waals surface area contributed by atoms with Gasteiger partial charge in [0.1, 0.15) is 0 Å². The molecule has 1 aliphatic rings. The first kappa shape index (κ1) is 23.2. The Balaban J connectivity index is 1.51. The Morgan fingerprint density at radius 3 is 2.48 bits per heavy atom. The van der Waals surface area contributed by atoms with Crippen LogP contribution in [0.3, 0.4) is 0 Å². The summed E-state index contributed by atoms with van der Waals surface area (Å²) < 4.78 is 11.7. The molecule has 33 heavy (non-hydrogen) atoms. The number of hydrogen-bond donors (Lipinski definition) is 1. The number of likely N-dealkylation sites (tertiary alicyclic amines) is 1. The molecule has 0 spiro atoms. The van der Waals surface area contributed by atoms with E-state index in [1.807, 2.05) is 48.5 Å². The molecule has 5 nitrogen and oxygen atoms in total. The van der Waals surface area contributed by atoms with Crippen molar-refractivity contribution in [2.75, 3.05) is 20.3 Å². The largest absolute Gasteiger partial charge is 0.380 e. The van der Waals surface area contributed by atoms with Crippen LogP contribution in [-0.2, 0) is 22.6 Å². The summed E-state index contributed by atoms with van der Waals surface area (Å²) in [6, 6.07) is 24.6. The van der Waals surface area contributed by atoms with Gasteiger partial charge in [0.25, 0.3) is 0 Å². The quantitative estimate of drug-likeness (QED) is 0.525. The second-order valence-corrected chi connectivity index (χ2v) is 8.74. The summed E-state index contributed by atoms with van der Waals surface area (Å²) in [5.74, 6) is -0.410. The van der Waals surface area contributed by atoms with E-state index in [0.29, 0.717) is 18.8 Å². The zero-order valence-electron chi connectivity index (χ0n) is 19.4. The topological polar surface area (TPSA) is 64.8 Å². The Morgan fingerprint density at radius 1 is 1.00 bits per heavy atom. The van der Waals surface area contributed by atoms with E-state index in [0.717, 1.165) is 41.8 Å². The number of amides is 1. The third kappa shape index (κ3) is 5.69. The van der Waals surface area contributed by atoms with Gasteiger partial charge in [-0.25, -0.2) is 0 Å². The lowest BCUT2D eigenvalue weighted by atomic mass is 9.93. The SMILES string of the molecule is COC1CC(COCc2ccccc2)N(Cc2ccc(C(N)=O)c(-c3ccccc3C)c2)C1. The molecule has 1 saturated heterocycles. The Morgan fingerprint density at radius 2 is 1.76 bits per heavy atom. The Hall–Kier alpha value is -2.99. The lowest BCUT2D eigenvalue weighted by Gasteiger charge is -2.24. The van der Waals surface area contributed by atoms with E-state index in [2.05, 4.69) is 36.1 Å². The molecule has 2 unspecified atom stereocenters. The second kappa shape index (κ2) is 10.8. The molecule has 1 amide bonds. The van der Waals surface area contributed by atoms with Gasteiger partial charge in [0.05, 0.1) is 19.3 Å². The maximum Gasteiger partial charge on any atom is 0.249 e. The molecule has 1 aliphatic heterocycles. The minimum Gasteiger partial charge on any atom is -0.380 e. The van der Waals surface area contributed by atoms with Crippen molar-refractivity contribution in [3.8, 4) is 11.1 Å². The molecule has 0 radical (unpaired) electrons. The van der Waals surface area contributed by atoms with Crippen LogP contribution in [0.25, 0.3) is 11.1 Å². The predicted molar refractivity (Wildman–Crippen MR) is 131 cm³/mol. The van der Waals surface area contributed by atoms with Gasteiger partial charge in [0, 0.05) is 31.8 Å². The highest BCUT2D eigenvalue weighted by atomic mass is 16.5. The highest BCUT2D eigenvalue weighted by Crippen LogP contribution is 2.30. The number of aryl methyl sites for hydroxylation is 1. The van der Waals surface area contributed by atoms with Crippen LogP contribution in [0.1, 0.15) is 33.5 Å². The van der Waals surface area contributed by atoms with Crippen LogP contribution in [0.15, 0.2) is 72.8 Å². The highest BCUT2D eigenvalue weighted by molar-refractivity contribution is 6.00. The van der Waals surface area contributed by atoms with Gasteiger partial charge in [-0.2, -0.15) is 0 Å². The van der Waals surface area contributed by atoms with E-state index in [9.17, 15) is 4.79 Å². The van der Waals surface area contributed by atoms with E-state index in [-0.39, 0.29) is 12.1 Å². The summed E-state index contributed by atoms with van der Waals surface area (Å²) in [4.78, 5) is 14.5. The van der Waals surface area contributed by atoms with Gasteiger partial charge in [-0.15, -0.1) is 0 Å². The third-order valence-corrected chi connectivity index (χ3v) is 6.41. The summed E-state index contributed by atoms with van der Waals surface area (Å²) in [7, 11) is 1.77. The van der Waals surface area contributed by atoms with E-state index in [1.54, 1.807) is 7.11 Å². The fourth-order valence-electron chi connectivity index (χ4n) is 4.60. The minimum absolute atomic E-state index is 0.191. The number of methoxy groups -OCH3 is 1. The van der Waals surface area contributed by atoms with Crippen molar-refractivity contribution in [3.63, 3.8) is 0 Å². The third-order valence-electron chi connectivity index (χ3n) is 6.41. The molecule has 2 atom stereocenters. The molecule has 0 saturated carbocycles. The first-order chi connectivity index (χ1) is 16.0. The minimum atomic E-state index is -0.410. The molecule has 172 valence electrons. The van der Waals surface area contributed by atoms with Crippen LogP contribution in [-0.4, -0.2) is 43.2 Å². The zero-order chi connectivity index (χ0) is 23.2. The number of ether oxygens (including phenoxy) is 2. The molecule has 3 aromatic rings. The monoisotopic (exact) mass is 444 g/mol. The van der Waals surface area contributed by atoms with E-state index < -0.39 is 5.91 Å². The van der Waals surface area contributed by atoms with Gasteiger partial charge in [0.15, 0.2) is 0 Å². The molecule has 1 heterocycles. The Bertz CT molecular complexity index is 1080. The van der Waals surface area contributed by atoms with Gasteiger partial charge < -0.3 is 15.2 Å². The van der Waals surface area contributed by atoms with Gasteiger partial charge in [-0.3, -0.25) is 9.69 Å². The van der Waals surface area contributed by atoms with E-state index in [4.69, 9.17) is 15.2 Å². The molecule has 0 bridgehead atoms. The van der Waals surface area contributed by atoms with Crippen molar-refractivity contribution in [1.82, 2.24) is 4.90 Å². The van der Waals surface area contributed by atoms with Crippen molar-refractivity contribution >= 4 is 5.91 Å². The second-order valence-electron chi connectivity index (χ2n) is 8.74.